The van der Waals surface area contributed by atoms with Crippen molar-refractivity contribution in [1.82, 2.24) is 5.43 Å². The van der Waals surface area contributed by atoms with Crippen LogP contribution in [-0.4, -0.2) is 0 Å². The van der Waals surface area contributed by atoms with Gasteiger partial charge in [0, 0.05) is 16.2 Å². The van der Waals surface area contributed by atoms with Gasteiger partial charge in [0.15, 0.2) is 0 Å². The zero-order valence-electron chi connectivity index (χ0n) is 9.25. The number of benzene rings is 1. The summed E-state index contributed by atoms with van der Waals surface area (Å²) < 4.78 is 1.05. The Balaban J connectivity index is 2.14. The molecule has 2 rings (SSSR count). The highest BCUT2D eigenvalue weighted by Crippen LogP contribution is 2.36. The molecule has 1 fully saturated rings. The molecule has 1 atom stereocenters. The van der Waals surface area contributed by atoms with Crippen molar-refractivity contribution in [2.45, 2.75) is 31.7 Å². The van der Waals surface area contributed by atoms with Gasteiger partial charge < -0.3 is 5.73 Å². The van der Waals surface area contributed by atoms with Crippen LogP contribution in [0.4, 0.5) is 5.69 Å². The van der Waals surface area contributed by atoms with Crippen LogP contribution in [0.25, 0.3) is 0 Å². The van der Waals surface area contributed by atoms with Crippen LogP contribution in [0, 0.1) is 5.92 Å². The third kappa shape index (κ3) is 2.56. The predicted molar refractivity (Wildman–Crippen MR) is 70.6 cm³/mol. The van der Waals surface area contributed by atoms with Crippen molar-refractivity contribution in [3.63, 3.8) is 0 Å². The zero-order chi connectivity index (χ0) is 11.5. The summed E-state index contributed by atoms with van der Waals surface area (Å²) >= 11 is 3.47. The third-order valence-electron chi connectivity index (χ3n) is 3.42. The molecule has 4 heteroatoms. The van der Waals surface area contributed by atoms with Gasteiger partial charge in [0.25, 0.3) is 0 Å². The quantitative estimate of drug-likeness (QED) is 0.452. The van der Waals surface area contributed by atoms with Crippen molar-refractivity contribution < 1.29 is 0 Å². The van der Waals surface area contributed by atoms with Crippen LogP contribution in [0.5, 0.6) is 0 Å². The fourth-order valence-corrected chi connectivity index (χ4v) is 2.57. The minimum atomic E-state index is 0.169. The van der Waals surface area contributed by atoms with Gasteiger partial charge in [-0.15, -0.1) is 0 Å². The number of hydrazine groups is 1. The molecule has 0 radical (unpaired) electrons. The Hall–Kier alpha value is -0.580. The van der Waals surface area contributed by atoms with Crippen LogP contribution in [0.15, 0.2) is 22.7 Å². The Labute approximate surface area is 105 Å². The molecule has 3 nitrogen and oxygen atoms in total. The summed E-state index contributed by atoms with van der Waals surface area (Å²) in [7, 11) is 0. The van der Waals surface area contributed by atoms with Crippen molar-refractivity contribution in [2.24, 2.45) is 11.8 Å². The van der Waals surface area contributed by atoms with Crippen molar-refractivity contribution >= 4 is 21.6 Å². The van der Waals surface area contributed by atoms with Crippen molar-refractivity contribution in [3.05, 3.63) is 28.2 Å². The molecular formula is C12H18BrN3. The van der Waals surface area contributed by atoms with Crippen LogP contribution < -0.4 is 17.0 Å². The highest BCUT2D eigenvalue weighted by molar-refractivity contribution is 9.10. The van der Waals surface area contributed by atoms with Crippen molar-refractivity contribution in [3.8, 4) is 0 Å². The molecule has 1 aromatic rings. The monoisotopic (exact) mass is 283 g/mol. The number of nitrogen functional groups attached to an aromatic ring is 1. The largest absolute Gasteiger partial charge is 0.398 e. The molecule has 1 aromatic carbocycles. The second kappa shape index (κ2) is 5.17. The van der Waals surface area contributed by atoms with E-state index >= 15 is 0 Å². The third-order valence-corrected chi connectivity index (χ3v) is 3.91. The molecule has 0 bridgehead atoms. The lowest BCUT2D eigenvalue weighted by molar-refractivity contribution is 0.262. The molecule has 1 aliphatic rings. The van der Waals surface area contributed by atoms with Crippen LogP contribution in [0.2, 0.25) is 0 Å². The minimum absolute atomic E-state index is 0.169. The average Bonchev–Trinajstić information content (AvgIpc) is 2.21. The predicted octanol–water partition coefficient (Wildman–Crippen LogP) is 2.73. The first-order valence-electron chi connectivity index (χ1n) is 5.71. The van der Waals surface area contributed by atoms with E-state index in [1.165, 1.54) is 19.3 Å². The summed E-state index contributed by atoms with van der Waals surface area (Å²) in [5, 5.41) is 0. The van der Waals surface area contributed by atoms with Gasteiger partial charge in [-0.1, -0.05) is 35.2 Å². The van der Waals surface area contributed by atoms with Gasteiger partial charge in [0.05, 0.1) is 0 Å². The van der Waals surface area contributed by atoms with E-state index in [0.29, 0.717) is 0 Å². The summed E-state index contributed by atoms with van der Waals surface area (Å²) in [4.78, 5) is 0. The van der Waals surface area contributed by atoms with Gasteiger partial charge >= 0.3 is 0 Å². The summed E-state index contributed by atoms with van der Waals surface area (Å²) in [6.07, 6.45) is 5.09. The smallest absolute Gasteiger partial charge is 0.0483 e. The molecule has 1 unspecified atom stereocenters. The van der Waals surface area contributed by atoms with Gasteiger partial charge in [-0.25, -0.2) is 0 Å². The van der Waals surface area contributed by atoms with Gasteiger partial charge in [-0.2, -0.15) is 0 Å². The normalized spacial score (nSPS) is 18.1. The maximum absolute atomic E-state index is 5.98. The molecule has 16 heavy (non-hydrogen) atoms. The number of nitrogens with two attached hydrogens (primary N) is 2. The number of hydrogen-bond acceptors (Lipinski definition) is 3. The molecule has 0 heterocycles. The van der Waals surface area contributed by atoms with Gasteiger partial charge in [-0.05, 0) is 36.1 Å². The molecule has 0 spiro atoms. The standard InChI is InChI=1S/C12H18BrN3/c13-9-4-5-11(14)10(7-9)12(16-15)6-8-2-1-3-8/h4-5,7-8,12,16H,1-3,6,14-15H2. The van der Waals surface area contributed by atoms with E-state index in [0.717, 1.165) is 28.1 Å². The molecule has 88 valence electrons. The van der Waals surface area contributed by atoms with E-state index in [2.05, 4.69) is 27.4 Å². The zero-order valence-corrected chi connectivity index (χ0v) is 10.8. The number of anilines is 1. The summed E-state index contributed by atoms with van der Waals surface area (Å²) in [5.74, 6) is 6.44. The molecular weight excluding hydrogens is 266 g/mol. The van der Waals surface area contributed by atoms with Crippen LogP contribution in [0.3, 0.4) is 0 Å². The first-order valence-corrected chi connectivity index (χ1v) is 6.51. The Morgan fingerprint density at radius 2 is 2.19 bits per heavy atom. The van der Waals surface area contributed by atoms with Crippen molar-refractivity contribution in [1.29, 1.82) is 0 Å². The van der Waals surface area contributed by atoms with Gasteiger partial charge in [0.1, 0.15) is 0 Å². The number of nitrogens with one attached hydrogen (secondary N) is 1. The van der Waals surface area contributed by atoms with E-state index in [9.17, 15) is 0 Å². The van der Waals surface area contributed by atoms with Crippen molar-refractivity contribution in [2.75, 3.05) is 5.73 Å². The molecule has 1 saturated carbocycles. The van der Waals surface area contributed by atoms with E-state index in [1.54, 1.807) is 0 Å². The van der Waals surface area contributed by atoms with Gasteiger partial charge in [0.2, 0.25) is 0 Å². The average molecular weight is 284 g/mol. The maximum atomic E-state index is 5.98. The second-order valence-corrected chi connectivity index (χ2v) is 5.44. The number of halogens is 1. The summed E-state index contributed by atoms with van der Waals surface area (Å²) in [5.41, 5.74) is 10.8. The molecule has 1 aliphatic carbocycles. The Morgan fingerprint density at radius 1 is 1.44 bits per heavy atom. The first-order chi connectivity index (χ1) is 7.70. The minimum Gasteiger partial charge on any atom is -0.398 e. The number of rotatable bonds is 4. The Morgan fingerprint density at radius 3 is 2.75 bits per heavy atom. The molecule has 0 amide bonds. The second-order valence-electron chi connectivity index (χ2n) is 4.53. The van der Waals surface area contributed by atoms with E-state index in [4.69, 9.17) is 11.6 Å². The van der Waals surface area contributed by atoms with E-state index in [-0.39, 0.29) is 6.04 Å². The Kier molecular flexibility index (Phi) is 3.84. The first kappa shape index (κ1) is 11.9. The number of hydrogen-bond donors (Lipinski definition) is 3. The van der Waals surface area contributed by atoms with Gasteiger partial charge in [-0.3, -0.25) is 11.3 Å². The topological polar surface area (TPSA) is 64.1 Å². The molecule has 0 saturated heterocycles. The fraction of sp³-hybridized carbons (Fsp3) is 0.500. The van der Waals surface area contributed by atoms with Crippen LogP contribution >= 0.6 is 15.9 Å². The summed E-state index contributed by atoms with van der Waals surface area (Å²) in [6, 6.07) is 6.10. The Bertz CT molecular complexity index is 363. The SMILES string of the molecule is NNC(CC1CCC1)c1cc(Br)ccc1N. The molecule has 0 aromatic heterocycles. The highest BCUT2D eigenvalue weighted by atomic mass is 79.9. The van der Waals surface area contributed by atoms with E-state index in [1.807, 2.05) is 12.1 Å². The summed E-state index contributed by atoms with van der Waals surface area (Å²) in [6.45, 7) is 0. The fourth-order valence-electron chi connectivity index (χ4n) is 2.19. The lowest BCUT2D eigenvalue weighted by atomic mass is 9.79. The van der Waals surface area contributed by atoms with E-state index < -0.39 is 0 Å². The lowest BCUT2D eigenvalue weighted by Gasteiger charge is -2.30. The molecule has 5 N–H and O–H groups in total. The maximum Gasteiger partial charge on any atom is 0.0483 e. The molecule has 0 aliphatic heterocycles. The van der Waals surface area contributed by atoms with Crippen LogP contribution in [-0.2, 0) is 0 Å². The highest BCUT2D eigenvalue weighted by Gasteiger charge is 2.23. The lowest BCUT2D eigenvalue weighted by Crippen LogP contribution is -2.31. The van der Waals surface area contributed by atoms with Crippen LogP contribution in [0.1, 0.15) is 37.3 Å².